The average Bonchev–Trinajstić information content (AvgIpc) is 2.34. The van der Waals surface area contributed by atoms with E-state index in [1.54, 1.807) is 18.2 Å². The van der Waals surface area contributed by atoms with E-state index in [0.29, 0.717) is 16.1 Å². The number of esters is 1. The van der Waals surface area contributed by atoms with Crippen molar-refractivity contribution in [2.75, 3.05) is 14.2 Å². The monoisotopic (exact) mass is 256 g/mol. The van der Waals surface area contributed by atoms with Crippen molar-refractivity contribution in [3.63, 3.8) is 0 Å². The van der Waals surface area contributed by atoms with E-state index in [0.717, 1.165) is 0 Å². The fourth-order valence-corrected chi connectivity index (χ4v) is 1.66. The number of methoxy groups -OCH3 is 2. The van der Waals surface area contributed by atoms with Gasteiger partial charge in [0.25, 0.3) is 0 Å². The molecule has 0 saturated carbocycles. The maximum atomic E-state index is 11.6. The van der Waals surface area contributed by atoms with Crippen molar-refractivity contribution in [3.8, 4) is 0 Å². The number of aliphatic hydroxyl groups excluding tert-OH is 1. The van der Waals surface area contributed by atoms with E-state index in [1.165, 1.54) is 20.5 Å². The van der Waals surface area contributed by atoms with Crippen molar-refractivity contribution in [3.05, 3.63) is 40.6 Å². The van der Waals surface area contributed by atoms with Crippen LogP contribution in [0.5, 0.6) is 0 Å². The normalized spacial score (nSPS) is 11.2. The predicted octanol–water partition coefficient (Wildman–Crippen LogP) is 1.99. The largest absolute Gasteiger partial charge is 0.503 e. The maximum absolute atomic E-state index is 11.6. The van der Waals surface area contributed by atoms with Gasteiger partial charge >= 0.3 is 5.97 Å². The summed E-state index contributed by atoms with van der Waals surface area (Å²) in [5.41, 5.74) is 1.16. The molecule has 0 aliphatic heterocycles. The summed E-state index contributed by atoms with van der Waals surface area (Å²) in [6, 6.07) is 4.99. The second-order valence-electron chi connectivity index (χ2n) is 3.18. The number of benzene rings is 1. The molecule has 0 bridgehead atoms. The molecular formula is C12H13ClO4. The van der Waals surface area contributed by atoms with Crippen LogP contribution in [0.15, 0.2) is 24.5 Å². The van der Waals surface area contributed by atoms with E-state index in [2.05, 4.69) is 4.74 Å². The Morgan fingerprint density at radius 1 is 1.47 bits per heavy atom. The van der Waals surface area contributed by atoms with Crippen LogP contribution in [-0.4, -0.2) is 25.3 Å². The molecule has 1 aromatic carbocycles. The Kier molecular flexibility index (Phi) is 5.00. The van der Waals surface area contributed by atoms with Crippen LogP contribution in [-0.2, 0) is 20.9 Å². The van der Waals surface area contributed by atoms with E-state index < -0.39 is 5.97 Å². The number of rotatable bonds is 4. The molecule has 0 amide bonds. The molecule has 1 N–H and O–H groups in total. The highest BCUT2D eigenvalue weighted by Gasteiger charge is 2.17. The summed E-state index contributed by atoms with van der Waals surface area (Å²) in [6.45, 7) is -0.271. The number of halogens is 1. The van der Waals surface area contributed by atoms with E-state index in [1.807, 2.05) is 0 Å². The van der Waals surface area contributed by atoms with Crippen LogP contribution in [0.25, 0.3) is 5.57 Å². The summed E-state index contributed by atoms with van der Waals surface area (Å²) in [4.78, 5) is 11.6. The summed E-state index contributed by atoms with van der Waals surface area (Å²) < 4.78 is 9.48. The Bertz CT molecular complexity index is 440. The van der Waals surface area contributed by atoms with Gasteiger partial charge in [0.15, 0.2) is 0 Å². The molecule has 0 unspecified atom stereocenters. The lowest BCUT2D eigenvalue weighted by molar-refractivity contribution is -0.133. The number of hydrogen-bond acceptors (Lipinski definition) is 4. The molecule has 4 nitrogen and oxygen atoms in total. The summed E-state index contributed by atoms with van der Waals surface area (Å²) >= 11 is 5.94. The van der Waals surface area contributed by atoms with Gasteiger partial charge in [-0.1, -0.05) is 23.7 Å². The highest BCUT2D eigenvalue weighted by Crippen LogP contribution is 2.26. The molecule has 0 fully saturated rings. The molecule has 17 heavy (non-hydrogen) atoms. The van der Waals surface area contributed by atoms with Gasteiger partial charge < -0.3 is 14.6 Å². The van der Waals surface area contributed by atoms with Crippen molar-refractivity contribution in [2.24, 2.45) is 0 Å². The standard InChI is InChI=1S/C12H13ClO4/c1-16-7-10(12(15)17-2)8-4-3-5-11(13)9(8)6-14/h3-5,7,14H,6H2,1-2H3/b10-7+. The first kappa shape index (κ1) is 13.5. The Morgan fingerprint density at radius 3 is 2.71 bits per heavy atom. The second-order valence-corrected chi connectivity index (χ2v) is 3.59. The summed E-state index contributed by atoms with van der Waals surface area (Å²) in [7, 11) is 2.70. The van der Waals surface area contributed by atoms with Gasteiger partial charge in [-0.25, -0.2) is 4.79 Å². The average molecular weight is 257 g/mol. The van der Waals surface area contributed by atoms with Gasteiger partial charge in [0, 0.05) is 10.6 Å². The molecule has 0 saturated heterocycles. The third kappa shape index (κ3) is 2.99. The Morgan fingerprint density at radius 2 is 2.18 bits per heavy atom. The molecule has 92 valence electrons. The van der Waals surface area contributed by atoms with Crippen LogP contribution < -0.4 is 0 Å². The Balaban J connectivity index is 3.33. The molecule has 1 rings (SSSR count). The van der Waals surface area contributed by atoms with E-state index >= 15 is 0 Å². The van der Waals surface area contributed by atoms with E-state index in [4.69, 9.17) is 16.3 Å². The third-order valence-corrected chi connectivity index (χ3v) is 2.56. The molecule has 0 spiro atoms. The lowest BCUT2D eigenvalue weighted by Crippen LogP contribution is -2.07. The van der Waals surface area contributed by atoms with Gasteiger partial charge in [0.1, 0.15) is 5.57 Å². The number of carbonyl (C=O) groups is 1. The number of hydrogen-bond donors (Lipinski definition) is 1. The first-order valence-electron chi connectivity index (χ1n) is 4.85. The number of ether oxygens (including phenoxy) is 2. The summed E-state index contributed by atoms with van der Waals surface area (Å²) in [5.74, 6) is -0.552. The minimum absolute atomic E-state index is 0.210. The van der Waals surface area contributed by atoms with Crippen LogP contribution >= 0.6 is 11.6 Å². The van der Waals surface area contributed by atoms with Crippen LogP contribution in [0.2, 0.25) is 5.02 Å². The molecule has 1 aromatic rings. The van der Waals surface area contributed by atoms with Gasteiger partial charge in [0.2, 0.25) is 0 Å². The zero-order valence-electron chi connectivity index (χ0n) is 9.57. The zero-order chi connectivity index (χ0) is 12.8. The predicted molar refractivity (Wildman–Crippen MR) is 64.4 cm³/mol. The van der Waals surface area contributed by atoms with Crippen LogP contribution in [0.3, 0.4) is 0 Å². The van der Waals surface area contributed by atoms with Gasteiger partial charge in [0.05, 0.1) is 27.1 Å². The van der Waals surface area contributed by atoms with Crippen molar-refractivity contribution >= 4 is 23.1 Å². The van der Waals surface area contributed by atoms with Crippen molar-refractivity contribution in [1.82, 2.24) is 0 Å². The number of carbonyl (C=O) groups excluding carboxylic acids is 1. The van der Waals surface area contributed by atoms with Gasteiger partial charge in [-0.2, -0.15) is 0 Å². The van der Waals surface area contributed by atoms with Gasteiger partial charge in [-0.05, 0) is 11.6 Å². The molecule has 0 radical (unpaired) electrons. The molecule has 0 aliphatic carbocycles. The third-order valence-electron chi connectivity index (χ3n) is 2.21. The highest BCUT2D eigenvalue weighted by atomic mass is 35.5. The molecule has 0 atom stereocenters. The lowest BCUT2D eigenvalue weighted by atomic mass is 10.0. The molecule has 5 heteroatoms. The minimum atomic E-state index is -0.552. The van der Waals surface area contributed by atoms with E-state index in [-0.39, 0.29) is 12.2 Å². The first-order valence-corrected chi connectivity index (χ1v) is 5.23. The summed E-state index contributed by atoms with van der Waals surface area (Å²) in [6.07, 6.45) is 1.26. The highest BCUT2D eigenvalue weighted by molar-refractivity contribution is 6.32. The van der Waals surface area contributed by atoms with E-state index in [9.17, 15) is 9.90 Å². The van der Waals surface area contributed by atoms with Crippen molar-refractivity contribution in [1.29, 1.82) is 0 Å². The van der Waals surface area contributed by atoms with Crippen LogP contribution in [0.4, 0.5) is 0 Å². The van der Waals surface area contributed by atoms with Crippen LogP contribution in [0, 0.1) is 0 Å². The fourth-order valence-electron chi connectivity index (χ4n) is 1.42. The van der Waals surface area contributed by atoms with Crippen LogP contribution in [0.1, 0.15) is 11.1 Å². The molecule has 0 heterocycles. The molecule has 0 aromatic heterocycles. The fraction of sp³-hybridized carbons (Fsp3) is 0.250. The Labute approximate surface area is 104 Å². The van der Waals surface area contributed by atoms with Gasteiger partial charge in [-0.3, -0.25) is 0 Å². The minimum Gasteiger partial charge on any atom is -0.503 e. The lowest BCUT2D eigenvalue weighted by Gasteiger charge is -2.11. The molecular weight excluding hydrogens is 244 g/mol. The summed E-state index contributed by atoms with van der Waals surface area (Å²) in [5, 5.41) is 9.65. The SMILES string of the molecule is CO/C=C(/C(=O)OC)c1cccc(Cl)c1CO. The second kappa shape index (κ2) is 6.27. The maximum Gasteiger partial charge on any atom is 0.341 e. The number of aliphatic hydroxyl groups is 1. The topological polar surface area (TPSA) is 55.8 Å². The Hall–Kier alpha value is -1.52. The quantitative estimate of drug-likeness (QED) is 0.509. The first-order chi connectivity index (χ1) is 8.15. The van der Waals surface area contributed by atoms with Crippen molar-refractivity contribution in [2.45, 2.75) is 6.61 Å². The van der Waals surface area contributed by atoms with Crippen molar-refractivity contribution < 1.29 is 19.4 Å². The molecule has 0 aliphatic rings. The zero-order valence-corrected chi connectivity index (χ0v) is 10.3. The smallest absolute Gasteiger partial charge is 0.341 e. The van der Waals surface area contributed by atoms with Gasteiger partial charge in [-0.15, -0.1) is 0 Å².